The average Bonchev–Trinajstić information content (AvgIpc) is 2.92. The first-order valence-electron chi connectivity index (χ1n) is 6.72. The summed E-state index contributed by atoms with van der Waals surface area (Å²) in [5, 5.41) is 0. The predicted octanol–water partition coefficient (Wildman–Crippen LogP) is 3.98. The second kappa shape index (κ2) is 3.62. The van der Waals surface area contributed by atoms with E-state index in [1.807, 2.05) is 0 Å². The molecule has 0 N–H and O–H groups in total. The summed E-state index contributed by atoms with van der Waals surface area (Å²) in [6, 6.07) is 0. The van der Waals surface area contributed by atoms with Crippen molar-refractivity contribution >= 4 is 0 Å². The second-order valence-corrected chi connectivity index (χ2v) is 5.59. The molecule has 0 bridgehead atoms. The van der Waals surface area contributed by atoms with Crippen LogP contribution in [0.25, 0.3) is 0 Å². The molecule has 84 valence electrons. The van der Waals surface area contributed by atoms with Gasteiger partial charge >= 0.3 is 0 Å². The maximum atomic E-state index is 6.22. The summed E-state index contributed by atoms with van der Waals surface area (Å²) in [6.45, 7) is 0. The van der Waals surface area contributed by atoms with Crippen LogP contribution in [0.15, 0.2) is 12.2 Å². The molecule has 0 aromatic rings. The van der Waals surface area contributed by atoms with Crippen LogP contribution < -0.4 is 0 Å². The zero-order valence-corrected chi connectivity index (χ0v) is 9.63. The highest BCUT2D eigenvalue weighted by molar-refractivity contribution is 5.23. The molecule has 1 aliphatic heterocycles. The highest BCUT2D eigenvalue weighted by atomic mass is 16.6. The smallest absolute Gasteiger partial charge is 0.102 e. The zero-order chi connectivity index (χ0) is 10.2. The summed E-state index contributed by atoms with van der Waals surface area (Å²) >= 11 is 0. The number of hydrogen-bond acceptors (Lipinski definition) is 1. The van der Waals surface area contributed by atoms with E-state index in [1.165, 1.54) is 64.2 Å². The minimum Gasteiger partial charge on any atom is -0.362 e. The quantitative estimate of drug-likeness (QED) is 0.431. The Bertz CT molecular complexity index is 245. The molecule has 0 aromatic heterocycles. The van der Waals surface area contributed by atoms with Crippen LogP contribution in [0.5, 0.6) is 0 Å². The van der Waals surface area contributed by atoms with Crippen molar-refractivity contribution in [3.8, 4) is 0 Å². The molecule has 2 atom stereocenters. The molecule has 2 fully saturated rings. The van der Waals surface area contributed by atoms with Crippen molar-refractivity contribution in [2.24, 2.45) is 0 Å². The normalized spacial score (nSPS) is 45.3. The Hall–Kier alpha value is -0.300. The summed E-state index contributed by atoms with van der Waals surface area (Å²) in [5.41, 5.74) is 0.582. The third-order valence-corrected chi connectivity index (χ3v) is 4.65. The van der Waals surface area contributed by atoms with E-state index in [2.05, 4.69) is 12.2 Å². The van der Waals surface area contributed by atoms with Gasteiger partial charge in [0.2, 0.25) is 0 Å². The number of ether oxygens (including phenoxy) is 1. The van der Waals surface area contributed by atoms with Crippen molar-refractivity contribution < 1.29 is 4.74 Å². The Kier molecular flexibility index (Phi) is 2.39. The van der Waals surface area contributed by atoms with E-state index in [0.717, 1.165) is 0 Å². The molecule has 1 saturated carbocycles. The van der Waals surface area contributed by atoms with E-state index < -0.39 is 0 Å². The van der Waals surface area contributed by atoms with Crippen molar-refractivity contribution in [1.82, 2.24) is 0 Å². The van der Waals surface area contributed by atoms with E-state index in [1.54, 1.807) is 0 Å². The van der Waals surface area contributed by atoms with Crippen LogP contribution in [0.4, 0.5) is 0 Å². The van der Waals surface area contributed by atoms with Gasteiger partial charge in [-0.1, -0.05) is 50.7 Å². The molecule has 0 aromatic carbocycles. The topological polar surface area (TPSA) is 12.5 Å². The van der Waals surface area contributed by atoms with Gasteiger partial charge in [0.15, 0.2) is 0 Å². The molecular formula is C14H22O. The zero-order valence-electron chi connectivity index (χ0n) is 9.63. The Balaban J connectivity index is 1.74. The van der Waals surface area contributed by atoms with Crippen molar-refractivity contribution in [3.05, 3.63) is 12.2 Å². The van der Waals surface area contributed by atoms with Gasteiger partial charge in [-0.3, -0.25) is 0 Å². The van der Waals surface area contributed by atoms with Gasteiger partial charge in [-0.2, -0.15) is 0 Å². The first-order valence-corrected chi connectivity index (χ1v) is 6.72. The van der Waals surface area contributed by atoms with Gasteiger partial charge in [-0.15, -0.1) is 0 Å². The van der Waals surface area contributed by atoms with E-state index in [-0.39, 0.29) is 0 Å². The molecule has 1 nitrogen and oxygen atoms in total. The largest absolute Gasteiger partial charge is 0.362 e. The minimum atomic E-state index is 0.291. The van der Waals surface area contributed by atoms with Crippen molar-refractivity contribution in [2.75, 3.05) is 0 Å². The van der Waals surface area contributed by atoms with Crippen LogP contribution >= 0.6 is 0 Å². The first-order chi connectivity index (χ1) is 7.37. The summed E-state index contributed by atoms with van der Waals surface area (Å²) in [6.07, 6.45) is 18.2. The monoisotopic (exact) mass is 206 g/mol. The molecule has 15 heavy (non-hydrogen) atoms. The molecule has 3 aliphatic rings. The Morgan fingerprint density at radius 1 is 0.667 bits per heavy atom. The molecule has 3 rings (SSSR count). The van der Waals surface area contributed by atoms with Gasteiger partial charge < -0.3 is 4.74 Å². The van der Waals surface area contributed by atoms with Crippen LogP contribution in [0.1, 0.15) is 64.2 Å². The highest BCUT2D eigenvalue weighted by Crippen LogP contribution is 2.60. The Labute approximate surface area is 92.9 Å². The summed E-state index contributed by atoms with van der Waals surface area (Å²) in [4.78, 5) is 0. The molecule has 2 unspecified atom stereocenters. The average molecular weight is 206 g/mol. The van der Waals surface area contributed by atoms with Crippen molar-refractivity contribution in [3.63, 3.8) is 0 Å². The predicted molar refractivity (Wildman–Crippen MR) is 61.9 cm³/mol. The van der Waals surface area contributed by atoms with Gasteiger partial charge in [0, 0.05) is 0 Å². The molecule has 0 spiro atoms. The third kappa shape index (κ3) is 1.56. The Morgan fingerprint density at radius 2 is 1.13 bits per heavy atom. The third-order valence-electron chi connectivity index (χ3n) is 4.65. The lowest BCUT2D eigenvalue weighted by Gasteiger charge is -2.22. The number of epoxide rings is 1. The lowest BCUT2D eigenvalue weighted by molar-refractivity contribution is 0.249. The molecule has 2 aliphatic carbocycles. The van der Waals surface area contributed by atoms with Gasteiger partial charge in [0.05, 0.1) is 0 Å². The van der Waals surface area contributed by atoms with Crippen molar-refractivity contribution in [1.29, 1.82) is 0 Å². The summed E-state index contributed by atoms with van der Waals surface area (Å²) < 4.78 is 6.22. The fourth-order valence-electron chi connectivity index (χ4n) is 3.64. The lowest BCUT2D eigenvalue weighted by Crippen LogP contribution is -2.28. The van der Waals surface area contributed by atoms with E-state index in [9.17, 15) is 0 Å². The Morgan fingerprint density at radius 3 is 1.67 bits per heavy atom. The van der Waals surface area contributed by atoms with Crippen molar-refractivity contribution in [2.45, 2.75) is 75.4 Å². The molecule has 1 saturated heterocycles. The van der Waals surface area contributed by atoms with Crippen LogP contribution in [0.2, 0.25) is 0 Å². The highest BCUT2D eigenvalue weighted by Gasteiger charge is 2.67. The van der Waals surface area contributed by atoms with Crippen LogP contribution in [-0.2, 0) is 4.74 Å². The standard InChI is InChI=1S/C14H22O/c1-2-4-6-10-14-12-8-7-11-13(14,15-14)9-5-3-1/h7-8H,1-6,9-12H2. The SMILES string of the molecule is C1=CCC23CCCCCCCCC2(C1)O3. The number of rotatable bonds is 0. The second-order valence-electron chi connectivity index (χ2n) is 5.59. The van der Waals surface area contributed by atoms with E-state index in [0.29, 0.717) is 11.2 Å². The minimum absolute atomic E-state index is 0.291. The van der Waals surface area contributed by atoms with Crippen LogP contribution in [-0.4, -0.2) is 11.2 Å². The fourth-order valence-corrected chi connectivity index (χ4v) is 3.64. The molecule has 0 amide bonds. The van der Waals surface area contributed by atoms with Gasteiger partial charge in [0.25, 0.3) is 0 Å². The summed E-state index contributed by atoms with van der Waals surface area (Å²) in [5.74, 6) is 0. The molecule has 0 radical (unpaired) electrons. The first kappa shape index (κ1) is 9.89. The van der Waals surface area contributed by atoms with Gasteiger partial charge in [0.1, 0.15) is 11.2 Å². The maximum Gasteiger partial charge on any atom is 0.102 e. The molecule has 1 heteroatoms. The maximum absolute atomic E-state index is 6.22. The lowest BCUT2D eigenvalue weighted by atomic mass is 9.76. The molecular weight excluding hydrogens is 184 g/mol. The van der Waals surface area contributed by atoms with E-state index >= 15 is 0 Å². The van der Waals surface area contributed by atoms with Gasteiger partial charge in [-0.25, -0.2) is 0 Å². The number of hydrogen-bond donors (Lipinski definition) is 0. The van der Waals surface area contributed by atoms with Gasteiger partial charge in [-0.05, 0) is 25.7 Å². The van der Waals surface area contributed by atoms with Crippen LogP contribution in [0.3, 0.4) is 0 Å². The van der Waals surface area contributed by atoms with E-state index in [4.69, 9.17) is 4.74 Å². The summed E-state index contributed by atoms with van der Waals surface area (Å²) in [7, 11) is 0. The molecule has 1 heterocycles. The fraction of sp³-hybridized carbons (Fsp3) is 0.857. The van der Waals surface area contributed by atoms with Crippen LogP contribution in [0, 0.1) is 0 Å².